The Hall–Kier alpha value is -3.86. The summed E-state index contributed by atoms with van der Waals surface area (Å²) in [5.74, 6) is 0.631. The van der Waals surface area contributed by atoms with Gasteiger partial charge in [0.2, 0.25) is 5.95 Å². The van der Waals surface area contributed by atoms with Gasteiger partial charge >= 0.3 is 0 Å². The van der Waals surface area contributed by atoms with E-state index in [0.717, 1.165) is 45.9 Å². The Balaban J connectivity index is 1.64. The van der Waals surface area contributed by atoms with Gasteiger partial charge in [-0.1, -0.05) is 61.0 Å². The number of carbonyl (C=O) groups is 1. The highest BCUT2D eigenvalue weighted by molar-refractivity contribution is 6.06. The second-order valence-corrected chi connectivity index (χ2v) is 8.28. The third kappa shape index (κ3) is 3.46. The van der Waals surface area contributed by atoms with Crippen LogP contribution in [0.3, 0.4) is 0 Å². The quantitative estimate of drug-likeness (QED) is 0.435. The van der Waals surface area contributed by atoms with E-state index in [9.17, 15) is 4.79 Å². The number of benzene rings is 3. The van der Waals surface area contributed by atoms with Crippen molar-refractivity contribution in [1.29, 1.82) is 0 Å². The first-order chi connectivity index (χ1) is 15.5. The molecular formula is C27H26N4O. The molecule has 3 aromatic carbocycles. The monoisotopic (exact) mass is 422 g/mol. The van der Waals surface area contributed by atoms with Crippen LogP contribution in [0.5, 0.6) is 0 Å². The molecular weight excluding hydrogens is 396 g/mol. The van der Waals surface area contributed by atoms with Crippen LogP contribution in [0.1, 0.15) is 36.6 Å². The van der Waals surface area contributed by atoms with Gasteiger partial charge in [-0.25, -0.2) is 4.98 Å². The van der Waals surface area contributed by atoms with Gasteiger partial charge in [-0.05, 0) is 55.7 Å². The maximum Gasteiger partial charge on any atom is 0.255 e. The van der Waals surface area contributed by atoms with Crippen molar-refractivity contribution in [3.63, 3.8) is 0 Å². The van der Waals surface area contributed by atoms with Crippen LogP contribution in [0.4, 0.5) is 11.6 Å². The molecule has 1 aliphatic rings. The minimum atomic E-state index is -0.282. The molecule has 160 valence electrons. The number of rotatable bonds is 4. The van der Waals surface area contributed by atoms with E-state index in [0.29, 0.717) is 5.57 Å². The number of nitrogens with one attached hydrogen (secondary N) is 2. The molecule has 4 aromatic rings. The van der Waals surface area contributed by atoms with E-state index in [1.807, 2.05) is 56.3 Å². The smallest absolute Gasteiger partial charge is 0.255 e. The second kappa shape index (κ2) is 8.00. The topological polar surface area (TPSA) is 59.0 Å². The van der Waals surface area contributed by atoms with Crippen LogP contribution < -0.4 is 10.6 Å². The number of aromatic nitrogens is 2. The molecule has 5 heteroatoms. The predicted octanol–water partition coefficient (Wildman–Crippen LogP) is 5.83. The van der Waals surface area contributed by atoms with Gasteiger partial charge < -0.3 is 10.6 Å². The maximum atomic E-state index is 13.6. The number of aryl methyl sites for hydroxylation is 2. The number of hydrogen-bond acceptors (Lipinski definition) is 3. The van der Waals surface area contributed by atoms with Crippen LogP contribution in [0, 0.1) is 6.92 Å². The minimum absolute atomic E-state index is 0.119. The summed E-state index contributed by atoms with van der Waals surface area (Å²) in [6, 6.07) is 24.2. The largest absolute Gasteiger partial charge is 0.329 e. The number of hydrogen-bond donors (Lipinski definition) is 2. The van der Waals surface area contributed by atoms with E-state index in [1.165, 1.54) is 5.56 Å². The number of amides is 1. The van der Waals surface area contributed by atoms with Gasteiger partial charge in [0.25, 0.3) is 5.91 Å². The lowest BCUT2D eigenvalue weighted by Gasteiger charge is -2.31. The molecule has 0 saturated carbocycles. The fourth-order valence-corrected chi connectivity index (χ4v) is 4.34. The van der Waals surface area contributed by atoms with Crippen molar-refractivity contribution in [3.8, 4) is 0 Å². The van der Waals surface area contributed by atoms with Crippen LogP contribution in [-0.2, 0) is 11.2 Å². The number of nitrogens with zero attached hydrogens (tertiary/aromatic N) is 2. The Labute approximate surface area is 187 Å². The summed E-state index contributed by atoms with van der Waals surface area (Å²) in [6.07, 6.45) is 0.974. The van der Waals surface area contributed by atoms with Gasteiger partial charge in [0.15, 0.2) is 0 Å². The fraction of sp³-hybridized carbons (Fsp3) is 0.185. The molecule has 0 bridgehead atoms. The highest BCUT2D eigenvalue weighted by atomic mass is 16.1. The molecule has 0 saturated heterocycles. The Morgan fingerprint density at radius 2 is 1.72 bits per heavy atom. The lowest BCUT2D eigenvalue weighted by Crippen LogP contribution is -2.30. The lowest BCUT2D eigenvalue weighted by atomic mass is 9.93. The van der Waals surface area contributed by atoms with Crippen LogP contribution in [0.2, 0.25) is 0 Å². The minimum Gasteiger partial charge on any atom is -0.329 e. The molecule has 32 heavy (non-hydrogen) atoms. The van der Waals surface area contributed by atoms with Crippen molar-refractivity contribution in [3.05, 3.63) is 101 Å². The average Bonchev–Trinajstić information content (AvgIpc) is 3.17. The number of carbonyl (C=O) groups excluding carboxylic acids is 1. The number of para-hydroxylation sites is 2. The summed E-state index contributed by atoms with van der Waals surface area (Å²) in [4.78, 5) is 18.4. The molecule has 1 aromatic heterocycles. The first-order valence-electron chi connectivity index (χ1n) is 11.0. The molecule has 1 aliphatic heterocycles. The Morgan fingerprint density at radius 3 is 2.44 bits per heavy atom. The number of imidazole rings is 1. The van der Waals surface area contributed by atoms with Crippen LogP contribution in [0.15, 0.2) is 84.1 Å². The number of allylic oxidation sites excluding steroid dienone is 1. The highest BCUT2D eigenvalue weighted by Gasteiger charge is 2.34. The average molecular weight is 423 g/mol. The Morgan fingerprint density at radius 1 is 1.00 bits per heavy atom. The van der Waals surface area contributed by atoms with E-state index in [-0.39, 0.29) is 11.9 Å². The zero-order valence-electron chi connectivity index (χ0n) is 18.5. The van der Waals surface area contributed by atoms with Crippen molar-refractivity contribution in [1.82, 2.24) is 9.55 Å². The third-order valence-electron chi connectivity index (χ3n) is 6.09. The molecule has 0 aliphatic carbocycles. The second-order valence-electron chi connectivity index (χ2n) is 8.28. The first kappa shape index (κ1) is 20.1. The van der Waals surface area contributed by atoms with E-state index in [1.54, 1.807) is 0 Å². The Kier molecular flexibility index (Phi) is 5.02. The van der Waals surface area contributed by atoms with Crippen molar-refractivity contribution in [2.24, 2.45) is 0 Å². The summed E-state index contributed by atoms with van der Waals surface area (Å²) in [5.41, 5.74) is 7.65. The maximum absolute atomic E-state index is 13.6. The lowest BCUT2D eigenvalue weighted by molar-refractivity contribution is -0.113. The van der Waals surface area contributed by atoms with Gasteiger partial charge in [0.05, 0.1) is 22.6 Å². The van der Waals surface area contributed by atoms with Gasteiger partial charge in [0, 0.05) is 11.4 Å². The Bertz CT molecular complexity index is 1330. The molecule has 5 rings (SSSR count). The third-order valence-corrected chi connectivity index (χ3v) is 6.09. The van der Waals surface area contributed by atoms with Crippen LogP contribution in [0.25, 0.3) is 11.0 Å². The predicted molar refractivity (Wildman–Crippen MR) is 130 cm³/mol. The van der Waals surface area contributed by atoms with Crippen LogP contribution in [-0.4, -0.2) is 15.5 Å². The molecule has 2 heterocycles. The highest BCUT2D eigenvalue weighted by Crippen LogP contribution is 2.39. The molecule has 0 spiro atoms. The van der Waals surface area contributed by atoms with Gasteiger partial charge in [0.1, 0.15) is 0 Å². The zero-order chi connectivity index (χ0) is 22.2. The SMILES string of the molecule is CCc1ccc([C@H]2C(C(=O)Nc3ccc(C)cc3)=C(C)Nc3nc4ccccc4n32)cc1. The molecule has 1 atom stereocenters. The van der Waals surface area contributed by atoms with E-state index >= 15 is 0 Å². The summed E-state index contributed by atoms with van der Waals surface area (Å²) in [7, 11) is 0. The summed E-state index contributed by atoms with van der Waals surface area (Å²) < 4.78 is 2.13. The molecule has 0 fully saturated rings. The van der Waals surface area contributed by atoms with Crippen molar-refractivity contribution < 1.29 is 4.79 Å². The van der Waals surface area contributed by atoms with E-state index in [4.69, 9.17) is 4.98 Å². The van der Waals surface area contributed by atoms with E-state index < -0.39 is 0 Å². The molecule has 1 amide bonds. The summed E-state index contributed by atoms with van der Waals surface area (Å²) in [5, 5.41) is 6.46. The molecule has 0 unspecified atom stereocenters. The van der Waals surface area contributed by atoms with Crippen molar-refractivity contribution >= 4 is 28.6 Å². The molecule has 5 nitrogen and oxygen atoms in total. The van der Waals surface area contributed by atoms with E-state index in [2.05, 4.69) is 52.5 Å². The van der Waals surface area contributed by atoms with Gasteiger partial charge in [-0.2, -0.15) is 0 Å². The molecule has 2 N–H and O–H groups in total. The number of fused-ring (bicyclic) bond motifs is 3. The fourth-order valence-electron chi connectivity index (χ4n) is 4.34. The normalized spacial score (nSPS) is 15.4. The molecule has 0 radical (unpaired) electrons. The zero-order valence-corrected chi connectivity index (χ0v) is 18.5. The van der Waals surface area contributed by atoms with Crippen molar-refractivity contribution in [2.75, 3.05) is 10.6 Å². The van der Waals surface area contributed by atoms with Crippen molar-refractivity contribution in [2.45, 2.75) is 33.2 Å². The standard InChI is InChI=1S/C27H26N4O/c1-4-19-11-13-20(14-12-19)25-24(26(32)29-21-15-9-17(2)10-16-21)18(3)28-27-30-22-7-5-6-8-23(22)31(25)27/h5-16,25H,4H2,1-3H3,(H,28,30)(H,29,32)/t25-/m0/s1. The van der Waals surface area contributed by atoms with Crippen LogP contribution >= 0.6 is 0 Å². The van der Waals surface area contributed by atoms with Gasteiger partial charge in [-0.3, -0.25) is 9.36 Å². The summed E-state index contributed by atoms with van der Waals surface area (Å²) in [6.45, 7) is 6.12. The van der Waals surface area contributed by atoms with Gasteiger partial charge in [-0.15, -0.1) is 0 Å². The first-order valence-corrected chi connectivity index (χ1v) is 11.0. The number of anilines is 2. The summed E-state index contributed by atoms with van der Waals surface area (Å²) >= 11 is 0.